The van der Waals surface area contributed by atoms with Gasteiger partial charge < -0.3 is 5.73 Å². The van der Waals surface area contributed by atoms with E-state index in [1.165, 1.54) is 12.3 Å². The van der Waals surface area contributed by atoms with E-state index in [4.69, 9.17) is 5.73 Å². The zero-order valence-corrected chi connectivity index (χ0v) is 14.9. The van der Waals surface area contributed by atoms with Crippen molar-refractivity contribution in [1.82, 2.24) is 9.97 Å². The summed E-state index contributed by atoms with van der Waals surface area (Å²) in [4.78, 5) is 8.40. The number of anilines is 2. The molecule has 0 saturated carbocycles. The van der Waals surface area contributed by atoms with E-state index < -0.39 is 22.6 Å². The smallest absolute Gasteiger partial charge is 0.196 e. The summed E-state index contributed by atoms with van der Waals surface area (Å²) in [6.07, 6.45) is 1.39. The van der Waals surface area contributed by atoms with Crippen LogP contribution in [0.5, 0.6) is 0 Å². The van der Waals surface area contributed by atoms with Gasteiger partial charge in [-0.05, 0) is 36.8 Å². The first-order chi connectivity index (χ1) is 12.4. The van der Waals surface area contributed by atoms with Gasteiger partial charge in [0.1, 0.15) is 16.6 Å². The van der Waals surface area contributed by atoms with Crippen molar-refractivity contribution in [2.45, 2.75) is 11.9 Å². The Bertz CT molecular complexity index is 1060. The molecule has 0 saturated heterocycles. The molecule has 1 aromatic carbocycles. The van der Waals surface area contributed by atoms with Crippen molar-refractivity contribution >= 4 is 33.1 Å². The summed E-state index contributed by atoms with van der Waals surface area (Å²) in [6.45, 7) is 1.72. The van der Waals surface area contributed by atoms with Gasteiger partial charge in [0, 0.05) is 5.56 Å². The van der Waals surface area contributed by atoms with Crippen LogP contribution in [0.3, 0.4) is 0 Å². The highest BCUT2D eigenvalue weighted by atomic mass is 32.2. The Morgan fingerprint density at radius 1 is 1.31 bits per heavy atom. The Morgan fingerprint density at radius 2 is 2.08 bits per heavy atom. The van der Waals surface area contributed by atoms with Crippen LogP contribution in [-0.4, -0.2) is 14.2 Å². The first kappa shape index (κ1) is 17.9. The van der Waals surface area contributed by atoms with Gasteiger partial charge >= 0.3 is 0 Å². The molecule has 1 atom stereocenters. The average molecular weight is 391 g/mol. The molecule has 3 N–H and O–H groups in total. The zero-order valence-electron chi connectivity index (χ0n) is 13.3. The van der Waals surface area contributed by atoms with Crippen LogP contribution in [0.1, 0.15) is 10.4 Å². The minimum atomic E-state index is -1.73. The number of nitrogens with two attached hydrogens (primary N) is 1. The molecule has 6 nitrogen and oxygen atoms in total. The van der Waals surface area contributed by atoms with Crippen molar-refractivity contribution in [3.63, 3.8) is 0 Å². The standard InChI is InChI=1S/C16H11F2N5OS2/c1-8-4-10(20)7-21-15(8)26(24)23-16-22-14(13(6-19)25-16)9-2-3-11(17)12(18)5-9/h2-5,7H,20H2,1H3,(H,22,23). The fraction of sp³-hybridized carbons (Fsp3) is 0.0625. The van der Waals surface area contributed by atoms with Gasteiger partial charge in [-0.15, -0.1) is 0 Å². The molecule has 1 unspecified atom stereocenters. The second-order valence-electron chi connectivity index (χ2n) is 5.20. The Morgan fingerprint density at radius 3 is 2.73 bits per heavy atom. The highest BCUT2D eigenvalue weighted by molar-refractivity contribution is 7.86. The Balaban J connectivity index is 1.92. The monoisotopic (exact) mass is 391 g/mol. The van der Waals surface area contributed by atoms with Crippen molar-refractivity contribution in [2.75, 3.05) is 10.5 Å². The largest absolute Gasteiger partial charge is 0.397 e. The van der Waals surface area contributed by atoms with E-state index >= 15 is 0 Å². The third-order valence-electron chi connectivity index (χ3n) is 3.33. The zero-order chi connectivity index (χ0) is 18.8. The van der Waals surface area contributed by atoms with E-state index in [9.17, 15) is 18.3 Å². The molecule has 3 rings (SSSR count). The number of nitrogens with zero attached hydrogens (tertiary/aromatic N) is 3. The lowest BCUT2D eigenvalue weighted by Crippen LogP contribution is -2.08. The van der Waals surface area contributed by atoms with E-state index in [-0.39, 0.29) is 26.3 Å². The molecule has 132 valence electrons. The SMILES string of the molecule is Cc1cc(N)cnc1S(=O)Nc1nc(-c2ccc(F)c(F)c2)c(C#N)s1. The third kappa shape index (κ3) is 3.54. The molecule has 2 aromatic heterocycles. The van der Waals surface area contributed by atoms with Crippen LogP contribution >= 0.6 is 11.3 Å². The summed E-state index contributed by atoms with van der Waals surface area (Å²) in [5.74, 6) is -2.04. The number of thiazole rings is 1. The van der Waals surface area contributed by atoms with Crippen LogP contribution in [-0.2, 0) is 11.0 Å². The summed E-state index contributed by atoms with van der Waals surface area (Å²) >= 11 is 0.951. The summed E-state index contributed by atoms with van der Waals surface area (Å²) in [7, 11) is -1.73. The van der Waals surface area contributed by atoms with E-state index in [1.54, 1.807) is 13.0 Å². The Hall–Kier alpha value is -2.90. The molecule has 0 aliphatic heterocycles. The lowest BCUT2D eigenvalue weighted by molar-refractivity contribution is 0.509. The van der Waals surface area contributed by atoms with Crippen LogP contribution in [0.15, 0.2) is 35.5 Å². The number of pyridine rings is 1. The van der Waals surface area contributed by atoms with Crippen LogP contribution in [0.2, 0.25) is 0 Å². The van der Waals surface area contributed by atoms with Crippen molar-refractivity contribution in [1.29, 1.82) is 5.26 Å². The Labute approximate surface area is 153 Å². The van der Waals surface area contributed by atoms with E-state index in [0.717, 1.165) is 23.5 Å². The Kier molecular flexibility index (Phi) is 4.92. The molecule has 0 aliphatic rings. The number of nitriles is 1. The summed E-state index contributed by atoms with van der Waals surface area (Å²) in [5, 5.41) is 9.74. The maximum atomic E-state index is 13.5. The van der Waals surface area contributed by atoms with Crippen molar-refractivity contribution in [3.8, 4) is 17.3 Å². The van der Waals surface area contributed by atoms with Gasteiger partial charge in [-0.1, -0.05) is 11.3 Å². The minimum absolute atomic E-state index is 0.178. The van der Waals surface area contributed by atoms with Crippen LogP contribution in [0, 0.1) is 29.9 Å². The number of aromatic nitrogens is 2. The summed E-state index contributed by atoms with van der Waals surface area (Å²) < 4.78 is 41.7. The highest BCUT2D eigenvalue weighted by Gasteiger charge is 2.17. The second kappa shape index (κ2) is 7.15. The third-order valence-corrected chi connectivity index (χ3v) is 5.49. The van der Waals surface area contributed by atoms with Gasteiger partial charge in [-0.2, -0.15) is 5.26 Å². The molecular formula is C16H11F2N5OS2. The quantitative estimate of drug-likeness (QED) is 0.709. The summed E-state index contributed by atoms with van der Waals surface area (Å²) in [5.41, 5.74) is 7.13. The first-order valence-electron chi connectivity index (χ1n) is 7.16. The molecule has 10 heteroatoms. The molecule has 0 bridgehead atoms. The molecule has 0 radical (unpaired) electrons. The topological polar surface area (TPSA) is 105 Å². The molecule has 0 fully saturated rings. The number of hydrogen-bond donors (Lipinski definition) is 2. The van der Waals surface area contributed by atoms with Crippen LogP contribution in [0.25, 0.3) is 11.3 Å². The number of nitrogen functional groups attached to an aromatic ring is 1. The van der Waals surface area contributed by atoms with Gasteiger partial charge in [0.05, 0.1) is 11.9 Å². The molecule has 0 amide bonds. The second-order valence-corrected chi connectivity index (χ2v) is 7.33. The van der Waals surface area contributed by atoms with Gasteiger partial charge in [0.15, 0.2) is 32.8 Å². The number of rotatable bonds is 4. The van der Waals surface area contributed by atoms with Crippen LogP contribution < -0.4 is 10.5 Å². The maximum Gasteiger partial charge on any atom is 0.196 e. The van der Waals surface area contributed by atoms with Crippen molar-refractivity contribution in [3.05, 3.63) is 52.5 Å². The first-order valence-corrected chi connectivity index (χ1v) is 9.12. The van der Waals surface area contributed by atoms with Gasteiger partial charge in [-0.3, -0.25) is 4.72 Å². The average Bonchev–Trinajstić information content (AvgIpc) is 3.00. The lowest BCUT2D eigenvalue weighted by Gasteiger charge is -2.05. The fourth-order valence-electron chi connectivity index (χ4n) is 2.18. The van der Waals surface area contributed by atoms with Gasteiger partial charge in [-0.25, -0.2) is 23.0 Å². The molecule has 0 spiro atoms. The normalized spacial score (nSPS) is 11.8. The lowest BCUT2D eigenvalue weighted by atomic mass is 10.1. The molecule has 26 heavy (non-hydrogen) atoms. The van der Waals surface area contributed by atoms with E-state index in [1.807, 2.05) is 6.07 Å². The number of aryl methyl sites for hydroxylation is 1. The number of benzene rings is 1. The molecule has 0 aliphatic carbocycles. The highest BCUT2D eigenvalue weighted by Crippen LogP contribution is 2.32. The maximum absolute atomic E-state index is 13.5. The molecular weight excluding hydrogens is 380 g/mol. The fourth-order valence-corrected chi connectivity index (χ4v) is 4.01. The molecule has 2 heterocycles. The van der Waals surface area contributed by atoms with Gasteiger partial charge in [0.25, 0.3) is 0 Å². The van der Waals surface area contributed by atoms with E-state index in [0.29, 0.717) is 11.3 Å². The summed E-state index contributed by atoms with van der Waals surface area (Å²) in [6, 6.07) is 6.82. The minimum Gasteiger partial charge on any atom is -0.397 e. The number of nitrogens with one attached hydrogen (secondary N) is 1. The van der Waals surface area contributed by atoms with Crippen LogP contribution in [0.4, 0.5) is 19.6 Å². The number of hydrogen-bond acceptors (Lipinski definition) is 6. The number of halogens is 2. The molecule has 3 aromatic rings. The van der Waals surface area contributed by atoms with Crippen molar-refractivity contribution in [2.24, 2.45) is 0 Å². The predicted molar refractivity (Wildman–Crippen MR) is 95.6 cm³/mol. The van der Waals surface area contributed by atoms with Crippen molar-refractivity contribution < 1.29 is 13.0 Å². The predicted octanol–water partition coefficient (Wildman–Crippen LogP) is 3.38. The van der Waals surface area contributed by atoms with E-state index in [2.05, 4.69) is 14.7 Å². The van der Waals surface area contributed by atoms with Gasteiger partial charge in [0.2, 0.25) is 0 Å².